The van der Waals surface area contributed by atoms with Crippen LogP contribution >= 0.6 is 0 Å². The van der Waals surface area contributed by atoms with Crippen molar-refractivity contribution in [1.29, 1.82) is 0 Å². The van der Waals surface area contributed by atoms with Gasteiger partial charge >= 0.3 is 0 Å². The van der Waals surface area contributed by atoms with Crippen LogP contribution in [-0.4, -0.2) is 15.0 Å². The molecule has 0 aliphatic carbocycles. The molecule has 0 spiro atoms. The number of rotatable bonds is 5. The minimum Gasteiger partial charge on any atom is -0.494 e. The first-order chi connectivity index (χ1) is 9.92. The van der Waals surface area contributed by atoms with Crippen molar-refractivity contribution in [2.75, 3.05) is 11.3 Å². The molecule has 0 saturated carbocycles. The summed E-state index contributed by atoms with van der Waals surface area (Å²) in [6.45, 7) is 6.14. The molecule has 0 bridgehead atoms. The quantitative estimate of drug-likeness (QED) is 0.919. The van der Waals surface area contributed by atoms with Crippen molar-refractivity contribution in [2.24, 2.45) is 0 Å². The number of anilines is 1. The zero-order valence-corrected chi connectivity index (χ0v) is 13.2. The Morgan fingerprint density at radius 3 is 2.52 bits per heavy atom. The molecule has 21 heavy (non-hydrogen) atoms. The molecule has 2 aromatic carbocycles. The topological polar surface area (TPSA) is 55.4 Å². The highest BCUT2D eigenvalue weighted by molar-refractivity contribution is 7.92. The Labute approximate surface area is 125 Å². The van der Waals surface area contributed by atoms with E-state index < -0.39 is 10.0 Å². The minimum atomic E-state index is -3.60. The lowest BCUT2D eigenvalue weighted by Gasteiger charge is -2.12. The van der Waals surface area contributed by atoms with Crippen LogP contribution in [0.2, 0.25) is 0 Å². The van der Waals surface area contributed by atoms with Crippen molar-refractivity contribution in [3.05, 3.63) is 53.6 Å². The SMILES string of the molecule is CCOc1cccc(NS(=O)(=O)c2ccc(C)cc2C)c1. The van der Waals surface area contributed by atoms with Crippen molar-refractivity contribution in [3.8, 4) is 5.75 Å². The molecule has 0 aliphatic rings. The van der Waals surface area contributed by atoms with Gasteiger partial charge < -0.3 is 4.74 Å². The van der Waals surface area contributed by atoms with Crippen molar-refractivity contribution in [1.82, 2.24) is 0 Å². The first-order valence-corrected chi connectivity index (χ1v) is 8.23. The van der Waals surface area contributed by atoms with Gasteiger partial charge in [-0.15, -0.1) is 0 Å². The molecular formula is C16H19NO3S. The predicted octanol–water partition coefficient (Wildman–Crippen LogP) is 3.50. The first kappa shape index (κ1) is 15.4. The zero-order chi connectivity index (χ0) is 15.5. The summed E-state index contributed by atoms with van der Waals surface area (Å²) in [6, 6.07) is 12.2. The van der Waals surface area contributed by atoms with E-state index in [0.717, 1.165) is 11.1 Å². The Balaban J connectivity index is 2.31. The maximum Gasteiger partial charge on any atom is 0.262 e. The van der Waals surface area contributed by atoms with E-state index in [-0.39, 0.29) is 4.90 Å². The molecule has 4 nitrogen and oxygen atoms in total. The number of ether oxygens (including phenoxy) is 1. The summed E-state index contributed by atoms with van der Waals surface area (Å²) in [5.41, 5.74) is 2.24. The fourth-order valence-corrected chi connectivity index (χ4v) is 3.40. The summed E-state index contributed by atoms with van der Waals surface area (Å²) >= 11 is 0. The third kappa shape index (κ3) is 3.76. The van der Waals surface area contributed by atoms with Gasteiger partial charge in [0.25, 0.3) is 10.0 Å². The van der Waals surface area contributed by atoms with E-state index >= 15 is 0 Å². The van der Waals surface area contributed by atoms with E-state index in [0.29, 0.717) is 18.0 Å². The van der Waals surface area contributed by atoms with Crippen LogP contribution in [-0.2, 0) is 10.0 Å². The van der Waals surface area contributed by atoms with Gasteiger partial charge in [0.2, 0.25) is 0 Å². The van der Waals surface area contributed by atoms with Crippen LogP contribution in [0.3, 0.4) is 0 Å². The molecule has 0 aromatic heterocycles. The van der Waals surface area contributed by atoms with E-state index in [4.69, 9.17) is 4.74 Å². The van der Waals surface area contributed by atoms with E-state index in [1.54, 1.807) is 43.3 Å². The van der Waals surface area contributed by atoms with E-state index in [9.17, 15) is 8.42 Å². The number of sulfonamides is 1. The van der Waals surface area contributed by atoms with Crippen molar-refractivity contribution in [3.63, 3.8) is 0 Å². The second-order valence-electron chi connectivity index (χ2n) is 4.84. The van der Waals surface area contributed by atoms with E-state index in [2.05, 4.69) is 4.72 Å². The van der Waals surface area contributed by atoms with Gasteiger partial charge in [-0.25, -0.2) is 8.42 Å². The van der Waals surface area contributed by atoms with Gasteiger partial charge in [-0.1, -0.05) is 23.8 Å². The molecule has 0 saturated heterocycles. The maximum atomic E-state index is 12.5. The molecule has 1 N–H and O–H groups in total. The third-order valence-corrected chi connectivity index (χ3v) is 4.56. The Hall–Kier alpha value is -2.01. The lowest BCUT2D eigenvalue weighted by molar-refractivity contribution is 0.340. The van der Waals surface area contributed by atoms with Crippen LogP contribution in [0.25, 0.3) is 0 Å². The van der Waals surface area contributed by atoms with Gasteiger partial charge in [0.15, 0.2) is 0 Å². The molecular weight excluding hydrogens is 286 g/mol. The average Bonchev–Trinajstić information content (AvgIpc) is 2.38. The van der Waals surface area contributed by atoms with Gasteiger partial charge in [-0.2, -0.15) is 0 Å². The second-order valence-corrected chi connectivity index (χ2v) is 6.49. The summed E-state index contributed by atoms with van der Waals surface area (Å²) in [5, 5.41) is 0. The number of aryl methyl sites for hydroxylation is 2. The highest BCUT2D eigenvalue weighted by Crippen LogP contribution is 2.23. The van der Waals surface area contributed by atoms with Gasteiger partial charge in [0.05, 0.1) is 17.2 Å². The number of hydrogen-bond donors (Lipinski definition) is 1. The third-order valence-electron chi connectivity index (χ3n) is 3.02. The Kier molecular flexibility index (Phi) is 4.53. The van der Waals surface area contributed by atoms with Crippen LogP contribution < -0.4 is 9.46 Å². The zero-order valence-electron chi connectivity index (χ0n) is 12.4. The minimum absolute atomic E-state index is 0.287. The smallest absolute Gasteiger partial charge is 0.262 e. The van der Waals surface area contributed by atoms with Crippen LogP contribution in [0.1, 0.15) is 18.1 Å². The van der Waals surface area contributed by atoms with Crippen LogP contribution in [0.5, 0.6) is 5.75 Å². The maximum absolute atomic E-state index is 12.5. The van der Waals surface area contributed by atoms with Crippen LogP contribution in [0.4, 0.5) is 5.69 Å². The molecule has 0 unspecified atom stereocenters. The molecule has 0 radical (unpaired) electrons. The Bertz CT molecular complexity index is 739. The predicted molar refractivity (Wildman–Crippen MR) is 84.3 cm³/mol. The second kappa shape index (κ2) is 6.18. The number of hydrogen-bond acceptors (Lipinski definition) is 3. The fourth-order valence-electron chi connectivity index (χ4n) is 2.13. The van der Waals surface area contributed by atoms with Crippen molar-refractivity contribution < 1.29 is 13.2 Å². The van der Waals surface area contributed by atoms with Gasteiger partial charge in [-0.3, -0.25) is 4.72 Å². The fraction of sp³-hybridized carbons (Fsp3) is 0.250. The monoisotopic (exact) mass is 305 g/mol. The molecule has 112 valence electrons. The van der Waals surface area contributed by atoms with Gasteiger partial charge in [0, 0.05) is 6.07 Å². The van der Waals surface area contributed by atoms with E-state index in [1.165, 1.54) is 0 Å². The largest absolute Gasteiger partial charge is 0.494 e. The van der Waals surface area contributed by atoms with Crippen LogP contribution in [0, 0.1) is 13.8 Å². The molecule has 5 heteroatoms. The normalized spacial score (nSPS) is 11.2. The summed E-state index contributed by atoms with van der Waals surface area (Å²) in [7, 11) is -3.60. The molecule has 0 heterocycles. The first-order valence-electron chi connectivity index (χ1n) is 6.75. The van der Waals surface area contributed by atoms with E-state index in [1.807, 2.05) is 19.9 Å². The summed E-state index contributed by atoms with van der Waals surface area (Å²) in [5.74, 6) is 0.637. The molecule has 0 fully saturated rings. The van der Waals surface area contributed by atoms with Gasteiger partial charge in [0.1, 0.15) is 5.75 Å². The Morgan fingerprint density at radius 2 is 1.86 bits per heavy atom. The van der Waals surface area contributed by atoms with Gasteiger partial charge in [-0.05, 0) is 44.5 Å². The summed E-state index contributed by atoms with van der Waals surface area (Å²) in [4.78, 5) is 0.287. The van der Waals surface area contributed by atoms with Crippen molar-refractivity contribution >= 4 is 15.7 Å². The number of benzene rings is 2. The number of nitrogens with one attached hydrogen (secondary N) is 1. The molecule has 0 amide bonds. The summed E-state index contributed by atoms with van der Waals surface area (Å²) < 4.78 is 32.9. The van der Waals surface area contributed by atoms with Crippen LogP contribution in [0.15, 0.2) is 47.4 Å². The standard InChI is InChI=1S/C16H19NO3S/c1-4-20-15-7-5-6-14(11-15)17-21(18,19)16-9-8-12(2)10-13(16)3/h5-11,17H,4H2,1-3H3. The molecule has 0 atom stereocenters. The molecule has 0 aliphatic heterocycles. The Morgan fingerprint density at radius 1 is 1.10 bits per heavy atom. The highest BCUT2D eigenvalue weighted by Gasteiger charge is 2.17. The average molecular weight is 305 g/mol. The van der Waals surface area contributed by atoms with Crippen molar-refractivity contribution in [2.45, 2.75) is 25.7 Å². The molecule has 2 aromatic rings. The lowest BCUT2D eigenvalue weighted by atomic mass is 10.2. The highest BCUT2D eigenvalue weighted by atomic mass is 32.2. The summed E-state index contributed by atoms with van der Waals surface area (Å²) in [6.07, 6.45) is 0. The molecule has 2 rings (SSSR count). The lowest BCUT2D eigenvalue weighted by Crippen LogP contribution is -2.14.